The molecule has 6 rings (SSSR count). The fourth-order valence-corrected chi connectivity index (χ4v) is 4.95. The lowest BCUT2D eigenvalue weighted by molar-refractivity contribution is -0.129. The maximum atomic E-state index is 13.7. The zero-order valence-electron chi connectivity index (χ0n) is 20.3. The number of rotatable bonds is 9. The number of imide groups is 1. The van der Waals surface area contributed by atoms with Crippen molar-refractivity contribution in [2.75, 3.05) is 13.2 Å². The van der Waals surface area contributed by atoms with Gasteiger partial charge in [-0.3, -0.25) is 9.69 Å². The lowest BCUT2D eigenvalue weighted by Gasteiger charge is -2.24. The molecule has 1 aliphatic heterocycles. The van der Waals surface area contributed by atoms with E-state index in [1.54, 1.807) is 24.3 Å². The number of aliphatic hydroxyl groups excluding tert-OH is 1. The Balaban J connectivity index is 1.32. The van der Waals surface area contributed by atoms with Gasteiger partial charge in [0.15, 0.2) is 0 Å². The maximum absolute atomic E-state index is 13.7. The summed E-state index contributed by atoms with van der Waals surface area (Å²) in [4.78, 5) is 36.5. The van der Waals surface area contributed by atoms with Gasteiger partial charge in [0.05, 0.1) is 17.6 Å². The molecule has 188 valence electrons. The van der Waals surface area contributed by atoms with Gasteiger partial charge in [-0.05, 0) is 59.7 Å². The number of urea groups is 1. The highest BCUT2D eigenvalue weighted by Crippen LogP contribution is 2.41. The molecule has 1 unspecified atom stereocenters. The molecule has 1 aliphatic carbocycles. The number of benzene rings is 3. The van der Waals surface area contributed by atoms with Gasteiger partial charge in [-0.2, -0.15) is 0 Å². The normalized spacial score (nSPS) is 18.3. The van der Waals surface area contributed by atoms with Gasteiger partial charge in [0.25, 0.3) is 5.91 Å². The Kier molecular flexibility index (Phi) is 6.10. The monoisotopic (exact) mass is 496 g/mol. The number of fused-ring (bicyclic) bond motifs is 1. The second-order valence-corrected chi connectivity index (χ2v) is 9.61. The van der Waals surface area contributed by atoms with Crippen LogP contribution in [0, 0.1) is 0 Å². The maximum Gasteiger partial charge on any atom is 0.325 e. The van der Waals surface area contributed by atoms with Crippen LogP contribution in [0.2, 0.25) is 0 Å². The molecule has 0 bridgehead atoms. The van der Waals surface area contributed by atoms with Gasteiger partial charge in [0.1, 0.15) is 30.3 Å². The van der Waals surface area contributed by atoms with Crippen molar-refractivity contribution in [2.45, 2.75) is 37.3 Å². The Hall–Kier alpha value is -4.17. The topological polar surface area (TPSA) is 108 Å². The first-order valence-corrected chi connectivity index (χ1v) is 12.6. The number of hydrogen-bond donors (Lipinski definition) is 3. The van der Waals surface area contributed by atoms with Crippen molar-refractivity contribution in [1.29, 1.82) is 0 Å². The summed E-state index contributed by atoms with van der Waals surface area (Å²) in [5.74, 6) is 1.45. The zero-order chi connectivity index (χ0) is 25.4. The van der Waals surface area contributed by atoms with Crippen molar-refractivity contribution in [3.05, 3.63) is 95.3 Å². The van der Waals surface area contributed by atoms with E-state index in [2.05, 4.69) is 22.4 Å². The van der Waals surface area contributed by atoms with Crippen LogP contribution in [0.15, 0.2) is 72.8 Å². The highest BCUT2D eigenvalue weighted by Gasteiger charge is 2.44. The summed E-state index contributed by atoms with van der Waals surface area (Å²) >= 11 is 0. The molecule has 2 atom stereocenters. The molecule has 2 aliphatic rings. The Bertz CT molecular complexity index is 1430. The Labute approximate surface area is 214 Å². The molecule has 1 saturated carbocycles. The van der Waals surface area contributed by atoms with Crippen molar-refractivity contribution in [1.82, 2.24) is 20.2 Å². The summed E-state index contributed by atoms with van der Waals surface area (Å²) in [5.41, 5.74) is 4.68. The van der Waals surface area contributed by atoms with Crippen LogP contribution in [0.4, 0.5) is 4.79 Å². The van der Waals surface area contributed by atoms with Crippen molar-refractivity contribution < 1.29 is 19.4 Å². The summed E-state index contributed by atoms with van der Waals surface area (Å²) in [6.45, 7) is 0.105. The molecule has 1 saturated heterocycles. The molecule has 0 radical (unpaired) electrons. The molecule has 0 spiro atoms. The summed E-state index contributed by atoms with van der Waals surface area (Å²) < 4.78 is 5.42. The number of amides is 3. The lowest BCUT2D eigenvalue weighted by atomic mass is 10.0. The van der Waals surface area contributed by atoms with E-state index in [1.807, 2.05) is 36.4 Å². The molecule has 37 heavy (non-hydrogen) atoms. The summed E-state index contributed by atoms with van der Waals surface area (Å²) in [5, 5.41) is 11.8. The van der Waals surface area contributed by atoms with Gasteiger partial charge in [0, 0.05) is 6.42 Å². The van der Waals surface area contributed by atoms with Crippen LogP contribution >= 0.6 is 0 Å². The third kappa shape index (κ3) is 4.68. The molecule has 4 aromatic rings. The minimum atomic E-state index is -0.802. The third-order valence-electron chi connectivity index (χ3n) is 7.02. The SMILES string of the molecule is O=C1N[C@H](c2ccc(OCCO)cc2)C(=O)N1C(Cc1ccccc1)c1nc2cc(C3CC3)ccc2[nH]1. The number of hydrogen-bond acceptors (Lipinski definition) is 5. The largest absolute Gasteiger partial charge is 0.491 e. The summed E-state index contributed by atoms with van der Waals surface area (Å²) in [6, 6.07) is 21.2. The lowest BCUT2D eigenvalue weighted by Crippen LogP contribution is -2.36. The van der Waals surface area contributed by atoms with E-state index < -0.39 is 18.1 Å². The molecule has 2 fully saturated rings. The minimum absolute atomic E-state index is 0.0830. The first kappa shape index (κ1) is 23.2. The first-order valence-electron chi connectivity index (χ1n) is 12.6. The third-order valence-corrected chi connectivity index (χ3v) is 7.02. The predicted octanol–water partition coefficient (Wildman–Crippen LogP) is 4.39. The van der Waals surface area contributed by atoms with Crippen molar-refractivity contribution in [3.63, 3.8) is 0 Å². The number of nitrogens with zero attached hydrogens (tertiary/aromatic N) is 2. The zero-order valence-corrected chi connectivity index (χ0v) is 20.3. The van der Waals surface area contributed by atoms with Gasteiger partial charge >= 0.3 is 6.03 Å². The highest BCUT2D eigenvalue weighted by molar-refractivity contribution is 6.05. The van der Waals surface area contributed by atoms with Crippen LogP contribution in [-0.4, -0.2) is 45.1 Å². The minimum Gasteiger partial charge on any atom is -0.491 e. The smallest absolute Gasteiger partial charge is 0.325 e. The molecule has 1 aromatic heterocycles. The Morgan fingerprint density at radius 3 is 2.49 bits per heavy atom. The Morgan fingerprint density at radius 2 is 1.76 bits per heavy atom. The van der Waals surface area contributed by atoms with Crippen LogP contribution in [0.3, 0.4) is 0 Å². The van der Waals surface area contributed by atoms with E-state index in [9.17, 15) is 9.59 Å². The number of aliphatic hydroxyl groups is 1. The van der Waals surface area contributed by atoms with Crippen LogP contribution in [0.1, 0.15) is 53.4 Å². The second-order valence-electron chi connectivity index (χ2n) is 9.61. The van der Waals surface area contributed by atoms with Gasteiger partial charge in [0.2, 0.25) is 0 Å². The number of aromatic amines is 1. The molecule has 8 heteroatoms. The average Bonchev–Trinajstić information content (AvgIpc) is 3.62. The quantitative estimate of drug-likeness (QED) is 0.298. The van der Waals surface area contributed by atoms with E-state index in [0.717, 1.165) is 16.6 Å². The number of carbonyl (C=O) groups excluding carboxylic acids is 2. The standard InChI is InChI=1S/C29H28N4O4/c34-14-15-37-22-11-8-20(9-12-22)26-28(35)33(29(36)32-26)25(16-18-4-2-1-3-5-18)27-30-23-13-10-21(19-6-7-19)17-24(23)31-27/h1-5,8-13,17,19,25-26,34H,6-7,14-16H2,(H,30,31)(H,32,36)/t25?,26-/m1/s1. The van der Waals surface area contributed by atoms with E-state index in [-0.39, 0.29) is 19.1 Å². The number of aromatic nitrogens is 2. The van der Waals surface area contributed by atoms with E-state index in [1.165, 1.54) is 23.3 Å². The van der Waals surface area contributed by atoms with Gasteiger partial charge < -0.3 is 20.1 Å². The van der Waals surface area contributed by atoms with Gasteiger partial charge in [-0.15, -0.1) is 0 Å². The number of ether oxygens (including phenoxy) is 1. The number of nitrogens with one attached hydrogen (secondary N) is 2. The molecule has 3 aromatic carbocycles. The van der Waals surface area contributed by atoms with Crippen molar-refractivity contribution in [2.24, 2.45) is 0 Å². The van der Waals surface area contributed by atoms with Gasteiger partial charge in [-0.1, -0.05) is 48.5 Å². The van der Waals surface area contributed by atoms with Gasteiger partial charge in [-0.25, -0.2) is 9.78 Å². The number of H-pyrrole nitrogens is 1. The van der Waals surface area contributed by atoms with Crippen LogP contribution in [-0.2, 0) is 11.2 Å². The number of imidazole rings is 1. The molecular formula is C29H28N4O4. The Morgan fingerprint density at radius 1 is 1.00 bits per heavy atom. The van der Waals surface area contributed by atoms with E-state index in [0.29, 0.717) is 29.5 Å². The van der Waals surface area contributed by atoms with Crippen LogP contribution < -0.4 is 10.1 Å². The predicted molar refractivity (Wildman–Crippen MR) is 138 cm³/mol. The summed E-state index contributed by atoms with van der Waals surface area (Å²) in [6.07, 6.45) is 2.85. The molecule has 3 N–H and O–H groups in total. The number of carbonyl (C=O) groups is 2. The van der Waals surface area contributed by atoms with Crippen molar-refractivity contribution in [3.8, 4) is 5.75 Å². The first-order chi connectivity index (χ1) is 18.1. The molecule has 3 amide bonds. The molecular weight excluding hydrogens is 468 g/mol. The average molecular weight is 497 g/mol. The summed E-state index contributed by atoms with van der Waals surface area (Å²) in [7, 11) is 0. The molecule has 2 heterocycles. The van der Waals surface area contributed by atoms with Crippen LogP contribution in [0.25, 0.3) is 11.0 Å². The second kappa shape index (κ2) is 9.71. The fraction of sp³-hybridized carbons (Fsp3) is 0.276. The van der Waals surface area contributed by atoms with Crippen LogP contribution in [0.5, 0.6) is 5.75 Å². The van der Waals surface area contributed by atoms with E-state index in [4.69, 9.17) is 14.8 Å². The molecule has 8 nitrogen and oxygen atoms in total. The fourth-order valence-electron chi connectivity index (χ4n) is 4.95. The highest BCUT2D eigenvalue weighted by atomic mass is 16.5. The van der Waals surface area contributed by atoms with Crippen molar-refractivity contribution >= 4 is 23.0 Å². The van der Waals surface area contributed by atoms with E-state index >= 15 is 0 Å².